The summed E-state index contributed by atoms with van der Waals surface area (Å²) >= 11 is 0. The molecule has 1 nitrogen and oxygen atoms in total. The Morgan fingerprint density at radius 2 is 2.00 bits per heavy atom. The largest absolute Gasteiger partial charge is 0.287 e. The van der Waals surface area contributed by atoms with Gasteiger partial charge in [0.15, 0.2) is 0 Å². The number of hydrogen-bond acceptors (Lipinski definition) is 1. The fourth-order valence-electron chi connectivity index (χ4n) is 1.71. The summed E-state index contributed by atoms with van der Waals surface area (Å²) in [7, 11) is 0. The van der Waals surface area contributed by atoms with Crippen molar-refractivity contribution in [3.8, 4) is 0 Å². The topological polar surface area (TPSA) is 12.4 Å². The molecule has 1 aliphatic heterocycles. The number of rotatable bonds is 1. The Morgan fingerprint density at radius 1 is 1.15 bits per heavy atom. The summed E-state index contributed by atoms with van der Waals surface area (Å²) in [5.41, 5.74) is 1.35. The summed E-state index contributed by atoms with van der Waals surface area (Å²) in [6, 6.07) is 10.6. The summed E-state index contributed by atoms with van der Waals surface area (Å²) in [6.07, 6.45) is 6.92. The highest BCUT2D eigenvalue weighted by molar-refractivity contribution is 5.68. The van der Waals surface area contributed by atoms with Gasteiger partial charge in [0, 0.05) is 12.5 Å². The van der Waals surface area contributed by atoms with Crippen molar-refractivity contribution in [2.45, 2.75) is 25.2 Å². The monoisotopic (exact) mass is 172 g/mol. The highest BCUT2D eigenvalue weighted by Crippen LogP contribution is 2.21. The van der Waals surface area contributed by atoms with E-state index in [-0.39, 0.29) is 0 Å². The standard InChI is InChI=1S/C12H14N/c1-2-6-11(7-3-1)12-8-4-5-9-13-10-12/h1-3,6-7,12H,4-5,8-9H2. The Kier molecular flexibility index (Phi) is 2.75. The number of nitrogens with zero attached hydrogens (tertiary/aromatic N) is 1. The van der Waals surface area contributed by atoms with Crippen molar-refractivity contribution >= 4 is 6.21 Å². The van der Waals surface area contributed by atoms with Crippen molar-refractivity contribution in [1.82, 2.24) is 0 Å². The van der Waals surface area contributed by atoms with Crippen LogP contribution in [-0.2, 0) is 0 Å². The van der Waals surface area contributed by atoms with Gasteiger partial charge in [-0.3, -0.25) is 4.99 Å². The maximum absolute atomic E-state index is 4.28. The lowest BCUT2D eigenvalue weighted by atomic mass is 9.95. The average Bonchev–Trinajstić information content (AvgIpc) is 2.47. The molecule has 0 N–H and O–H groups in total. The molecule has 13 heavy (non-hydrogen) atoms. The summed E-state index contributed by atoms with van der Waals surface area (Å²) < 4.78 is 0. The van der Waals surface area contributed by atoms with E-state index in [4.69, 9.17) is 0 Å². The minimum atomic E-state index is 0.434. The zero-order valence-corrected chi connectivity index (χ0v) is 7.74. The van der Waals surface area contributed by atoms with Gasteiger partial charge in [0.1, 0.15) is 0 Å². The van der Waals surface area contributed by atoms with Gasteiger partial charge in [-0.25, -0.2) is 0 Å². The first-order valence-electron chi connectivity index (χ1n) is 4.94. The molecule has 1 atom stereocenters. The van der Waals surface area contributed by atoms with Crippen LogP contribution in [0.5, 0.6) is 0 Å². The van der Waals surface area contributed by atoms with E-state index in [9.17, 15) is 0 Å². The number of benzene rings is 1. The lowest BCUT2D eigenvalue weighted by Crippen LogP contribution is -1.98. The van der Waals surface area contributed by atoms with Crippen LogP contribution in [0.15, 0.2) is 35.3 Å². The Bertz CT molecular complexity index is 276. The van der Waals surface area contributed by atoms with E-state index in [0.717, 1.165) is 6.54 Å². The third kappa shape index (κ3) is 2.18. The first-order valence-corrected chi connectivity index (χ1v) is 4.94. The van der Waals surface area contributed by atoms with Crippen LogP contribution in [-0.4, -0.2) is 12.8 Å². The van der Waals surface area contributed by atoms with E-state index in [1.165, 1.54) is 24.8 Å². The van der Waals surface area contributed by atoms with Crippen LogP contribution in [0.25, 0.3) is 0 Å². The SMILES string of the molecule is [C]1=NCCCCC1c1ccccc1. The van der Waals surface area contributed by atoms with Crippen LogP contribution >= 0.6 is 0 Å². The molecule has 1 aliphatic rings. The molecule has 0 bridgehead atoms. The van der Waals surface area contributed by atoms with Gasteiger partial charge >= 0.3 is 0 Å². The smallest absolute Gasteiger partial charge is 0.0639 e. The number of aliphatic imine (C=N–C) groups is 1. The maximum Gasteiger partial charge on any atom is 0.0639 e. The molecule has 67 valence electrons. The third-order valence-electron chi connectivity index (χ3n) is 2.46. The first-order chi connectivity index (χ1) is 6.47. The summed E-state index contributed by atoms with van der Waals surface area (Å²) in [5.74, 6) is 0.434. The molecular formula is C12H14N. The summed E-state index contributed by atoms with van der Waals surface area (Å²) in [4.78, 5) is 4.28. The predicted molar refractivity (Wildman–Crippen MR) is 55.3 cm³/mol. The van der Waals surface area contributed by atoms with Gasteiger partial charge in [0.05, 0.1) is 6.21 Å². The third-order valence-corrected chi connectivity index (χ3v) is 2.46. The lowest BCUT2D eigenvalue weighted by molar-refractivity contribution is 0.689. The molecule has 0 aliphatic carbocycles. The Hall–Kier alpha value is -1.11. The van der Waals surface area contributed by atoms with Crippen molar-refractivity contribution < 1.29 is 0 Å². The highest BCUT2D eigenvalue weighted by Gasteiger charge is 2.10. The summed E-state index contributed by atoms with van der Waals surface area (Å²) in [5, 5.41) is 0. The minimum Gasteiger partial charge on any atom is -0.287 e. The van der Waals surface area contributed by atoms with Crippen LogP contribution in [0.2, 0.25) is 0 Å². The van der Waals surface area contributed by atoms with Crippen molar-refractivity contribution in [1.29, 1.82) is 0 Å². The van der Waals surface area contributed by atoms with Crippen molar-refractivity contribution in [3.63, 3.8) is 0 Å². The molecular weight excluding hydrogens is 158 g/mol. The molecule has 1 heterocycles. The normalized spacial score (nSPS) is 22.6. The molecule has 0 amide bonds. The Morgan fingerprint density at radius 3 is 2.85 bits per heavy atom. The molecule has 1 aromatic carbocycles. The molecule has 0 saturated carbocycles. The van der Waals surface area contributed by atoms with E-state index in [0.29, 0.717) is 5.92 Å². The average molecular weight is 172 g/mol. The molecule has 1 unspecified atom stereocenters. The molecule has 1 aromatic rings. The van der Waals surface area contributed by atoms with E-state index in [1.807, 2.05) is 0 Å². The van der Waals surface area contributed by atoms with E-state index < -0.39 is 0 Å². The second kappa shape index (κ2) is 4.22. The molecule has 2 rings (SSSR count). The van der Waals surface area contributed by atoms with Crippen molar-refractivity contribution in [2.75, 3.05) is 6.54 Å². The molecule has 0 aromatic heterocycles. The molecule has 1 heteroatoms. The van der Waals surface area contributed by atoms with E-state index in [2.05, 4.69) is 41.5 Å². The van der Waals surface area contributed by atoms with Gasteiger partial charge in [0.2, 0.25) is 0 Å². The van der Waals surface area contributed by atoms with Crippen molar-refractivity contribution in [2.24, 2.45) is 4.99 Å². The predicted octanol–water partition coefficient (Wildman–Crippen LogP) is 2.90. The van der Waals surface area contributed by atoms with Gasteiger partial charge in [-0.1, -0.05) is 36.8 Å². The zero-order valence-electron chi connectivity index (χ0n) is 7.74. The molecule has 0 saturated heterocycles. The van der Waals surface area contributed by atoms with Gasteiger partial charge in [-0.2, -0.15) is 0 Å². The second-order valence-electron chi connectivity index (χ2n) is 3.47. The molecule has 0 fully saturated rings. The summed E-state index contributed by atoms with van der Waals surface area (Å²) in [6.45, 7) is 0.962. The Labute approximate surface area is 79.5 Å². The highest BCUT2D eigenvalue weighted by atomic mass is 14.7. The van der Waals surface area contributed by atoms with Gasteiger partial charge in [-0.05, 0) is 18.4 Å². The van der Waals surface area contributed by atoms with E-state index >= 15 is 0 Å². The van der Waals surface area contributed by atoms with Crippen LogP contribution < -0.4 is 0 Å². The van der Waals surface area contributed by atoms with Crippen LogP contribution in [0, 0.1) is 0 Å². The second-order valence-corrected chi connectivity index (χ2v) is 3.47. The quantitative estimate of drug-likeness (QED) is 0.617. The minimum absolute atomic E-state index is 0.434. The fraction of sp³-hybridized carbons (Fsp3) is 0.417. The van der Waals surface area contributed by atoms with Crippen LogP contribution in [0.4, 0.5) is 0 Å². The molecule has 0 spiro atoms. The lowest BCUT2D eigenvalue weighted by Gasteiger charge is -2.08. The number of hydrogen-bond donors (Lipinski definition) is 0. The zero-order chi connectivity index (χ0) is 8.93. The van der Waals surface area contributed by atoms with Crippen LogP contribution in [0.3, 0.4) is 0 Å². The fourth-order valence-corrected chi connectivity index (χ4v) is 1.71. The maximum atomic E-state index is 4.28. The van der Waals surface area contributed by atoms with Crippen LogP contribution in [0.1, 0.15) is 30.7 Å². The van der Waals surface area contributed by atoms with Gasteiger partial charge in [-0.15, -0.1) is 0 Å². The Balaban J connectivity index is 2.15. The first kappa shape index (κ1) is 8.49. The van der Waals surface area contributed by atoms with Gasteiger partial charge in [0.25, 0.3) is 0 Å². The van der Waals surface area contributed by atoms with Gasteiger partial charge < -0.3 is 0 Å². The van der Waals surface area contributed by atoms with E-state index in [1.54, 1.807) is 0 Å². The molecule has 1 radical (unpaired) electrons. The van der Waals surface area contributed by atoms with Crippen molar-refractivity contribution in [3.05, 3.63) is 35.9 Å².